The van der Waals surface area contributed by atoms with Crippen LogP contribution < -0.4 is 4.74 Å². The van der Waals surface area contributed by atoms with Gasteiger partial charge in [0.05, 0.1) is 10.5 Å². The van der Waals surface area contributed by atoms with Gasteiger partial charge in [0.1, 0.15) is 0 Å². The molecule has 0 aromatic heterocycles. The quantitative estimate of drug-likeness (QED) is 0.477. The van der Waals surface area contributed by atoms with Crippen LogP contribution in [0.3, 0.4) is 0 Å². The molecule has 92 valence electrons. The molecule has 0 saturated heterocycles. The maximum Gasteiger partial charge on any atom is 0.387 e. The van der Waals surface area contributed by atoms with Crippen molar-refractivity contribution in [1.29, 1.82) is 0 Å². The van der Waals surface area contributed by atoms with E-state index in [1.807, 2.05) is 0 Å². The lowest BCUT2D eigenvalue weighted by atomic mass is 10.1. The molecular weight excluding hydrogens is 260 g/mol. The van der Waals surface area contributed by atoms with Gasteiger partial charge in [-0.3, -0.25) is 14.9 Å². The molecule has 0 aliphatic rings. The predicted octanol–water partition coefficient (Wildman–Crippen LogP) is 3.05. The van der Waals surface area contributed by atoms with E-state index in [0.717, 1.165) is 19.1 Å². The van der Waals surface area contributed by atoms with E-state index in [2.05, 4.69) is 4.74 Å². The van der Waals surface area contributed by atoms with Gasteiger partial charge in [0.15, 0.2) is 16.6 Å². The molecule has 8 heteroatoms. The Hall–Kier alpha value is -1.76. The maximum atomic E-state index is 12.0. The first-order valence-electron chi connectivity index (χ1n) is 4.27. The van der Waals surface area contributed by atoms with Crippen molar-refractivity contribution in [3.05, 3.63) is 32.8 Å². The zero-order valence-electron chi connectivity index (χ0n) is 8.45. The van der Waals surface area contributed by atoms with Gasteiger partial charge in [-0.1, -0.05) is 11.6 Å². The van der Waals surface area contributed by atoms with Crippen molar-refractivity contribution in [1.82, 2.24) is 0 Å². The number of halogens is 3. The zero-order valence-corrected chi connectivity index (χ0v) is 9.20. The van der Waals surface area contributed by atoms with Crippen molar-refractivity contribution >= 4 is 23.1 Å². The number of alkyl halides is 2. The van der Waals surface area contributed by atoms with E-state index < -0.39 is 33.8 Å². The number of nitrogens with zero attached hydrogens (tertiary/aromatic N) is 1. The number of carbonyl (C=O) groups is 1. The molecule has 0 radical (unpaired) electrons. The van der Waals surface area contributed by atoms with Crippen molar-refractivity contribution in [2.45, 2.75) is 13.5 Å². The summed E-state index contributed by atoms with van der Waals surface area (Å²) in [5, 5.41) is 10.1. The van der Waals surface area contributed by atoms with Crippen molar-refractivity contribution in [2.75, 3.05) is 0 Å². The molecule has 0 fully saturated rings. The molecule has 0 bridgehead atoms. The van der Waals surface area contributed by atoms with Crippen LogP contribution in [-0.4, -0.2) is 17.3 Å². The number of nitro benzene ring substituents is 1. The van der Waals surface area contributed by atoms with Crippen molar-refractivity contribution in [3.8, 4) is 5.75 Å². The van der Waals surface area contributed by atoms with E-state index in [1.165, 1.54) is 0 Å². The molecule has 1 aromatic rings. The summed E-state index contributed by atoms with van der Waals surface area (Å²) in [6.45, 7) is -2.05. The number of hydrogen-bond donors (Lipinski definition) is 0. The summed E-state index contributed by atoms with van der Waals surface area (Å²) in [7, 11) is 0. The number of rotatable bonds is 4. The van der Waals surface area contributed by atoms with E-state index in [-0.39, 0.29) is 5.56 Å². The van der Waals surface area contributed by atoms with Crippen LogP contribution in [0.5, 0.6) is 5.75 Å². The van der Waals surface area contributed by atoms with Crippen molar-refractivity contribution in [3.63, 3.8) is 0 Å². The normalized spacial score (nSPS) is 10.4. The van der Waals surface area contributed by atoms with Gasteiger partial charge < -0.3 is 4.74 Å². The fourth-order valence-corrected chi connectivity index (χ4v) is 1.47. The highest BCUT2D eigenvalue weighted by Crippen LogP contribution is 2.37. The summed E-state index contributed by atoms with van der Waals surface area (Å²) >= 11 is 5.54. The third-order valence-electron chi connectivity index (χ3n) is 1.86. The Morgan fingerprint density at radius 2 is 2.12 bits per heavy atom. The lowest BCUT2D eigenvalue weighted by molar-refractivity contribution is -0.385. The Morgan fingerprint density at radius 1 is 1.53 bits per heavy atom. The highest BCUT2D eigenvalue weighted by molar-refractivity contribution is 6.35. The van der Waals surface area contributed by atoms with Crippen molar-refractivity contribution in [2.24, 2.45) is 0 Å². The molecule has 0 aliphatic heterocycles. The second kappa shape index (κ2) is 5.05. The molecule has 1 rings (SSSR count). The third-order valence-corrected chi connectivity index (χ3v) is 2.22. The van der Waals surface area contributed by atoms with Crippen LogP contribution in [-0.2, 0) is 0 Å². The van der Waals surface area contributed by atoms with Gasteiger partial charge in [-0.2, -0.15) is 8.78 Å². The Bertz CT molecular complexity index is 478. The van der Waals surface area contributed by atoms with E-state index in [1.54, 1.807) is 0 Å². The molecule has 0 unspecified atom stereocenters. The van der Waals surface area contributed by atoms with Crippen LogP contribution >= 0.6 is 11.6 Å². The van der Waals surface area contributed by atoms with Crippen LogP contribution in [0.1, 0.15) is 17.3 Å². The molecule has 0 aliphatic carbocycles. The first-order valence-corrected chi connectivity index (χ1v) is 4.65. The van der Waals surface area contributed by atoms with Gasteiger partial charge in [-0.25, -0.2) is 0 Å². The fraction of sp³-hybridized carbons (Fsp3) is 0.222. The van der Waals surface area contributed by atoms with Gasteiger partial charge >= 0.3 is 12.3 Å². The SMILES string of the molecule is CC(=O)c1ccc(OC(F)F)c(Cl)c1[N+](=O)[O-]. The number of benzene rings is 1. The highest BCUT2D eigenvalue weighted by atomic mass is 35.5. The fourth-order valence-electron chi connectivity index (χ4n) is 1.20. The van der Waals surface area contributed by atoms with Gasteiger partial charge in [-0.05, 0) is 19.1 Å². The molecule has 0 atom stereocenters. The van der Waals surface area contributed by atoms with E-state index in [4.69, 9.17) is 11.6 Å². The van der Waals surface area contributed by atoms with Gasteiger partial charge in [-0.15, -0.1) is 0 Å². The van der Waals surface area contributed by atoms with Crippen LogP contribution in [0.2, 0.25) is 5.02 Å². The van der Waals surface area contributed by atoms with Crippen LogP contribution in [0, 0.1) is 10.1 Å². The minimum atomic E-state index is -3.16. The average molecular weight is 266 g/mol. The van der Waals surface area contributed by atoms with Crippen LogP contribution in [0.25, 0.3) is 0 Å². The largest absolute Gasteiger partial charge is 0.433 e. The molecule has 0 N–H and O–H groups in total. The average Bonchev–Trinajstić information content (AvgIpc) is 2.19. The standard InChI is InChI=1S/C9H6ClF2NO4/c1-4(14)5-2-3-6(17-9(11)12)7(10)8(5)13(15)16/h2-3,9H,1H3. The second-order valence-electron chi connectivity index (χ2n) is 2.97. The second-order valence-corrected chi connectivity index (χ2v) is 3.34. The van der Waals surface area contributed by atoms with Gasteiger partial charge in [0, 0.05) is 0 Å². The van der Waals surface area contributed by atoms with E-state index >= 15 is 0 Å². The van der Waals surface area contributed by atoms with Gasteiger partial charge in [0.25, 0.3) is 0 Å². The maximum absolute atomic E-state index is 12.0. The van der Waals surface area contributed by atoms with Crippen molar-refractivity contribution < 1.29 is 23.2 Å². The minimum Gasteiger partial charge on any atom is -0.433 e. The molecule has 0 amide bonds. The number of hydrogen-bond acceptors (Lipinski definition) is 4. The first kappa shape index (κ1) is 13.3. The van der Waals surface area contributed by atoms with E-state index in [0.29, 0.717) is 0 Å². The Balaban J connectivity index is 3.38. The monoisotopic (exact) mass is 265 g/mol. The molecular formula is C9H6ClF2NO4. The summed E-state index contributed by atoms with van der Waals surface area (Å²) < 4.78 is 27.9. The Morgan fingerprint density at radius 3 is 2.53 bits per heavy atom. The summed E-state index contributed by atoms with van der Waals surface area (Å²) in [6, 6.07) is 2.00. The van der Waals surface area contributed by atoms with E-state index in [9.17, 15) is 23.7 Å². The molecule has 17 heavy (non-hydrogen) atoms. The number of Topliss-reactive ketones (excluding diaryl/α,β-unsaturated/α-hetero) is 1. The summed E-state index contributed by atoms with van der Waals surface area (Å²) in [5.74, 6) is -1.14. The number of ether oxygens (including phenoxy) is 1. The zero-order chi connectivity index (χ0) is 13.2. The molecule has 0 spiro atoms. The van der Waals surface area contributed by atoms with Gasteiger partial charge in [0.2, 0.25) is 0 Å². The summed E-state index contributed by atoms with van der Waals surface area (Å²) in [5.41, 5.74) is -1.00. The first-order chi connectivity index (χ1) is 7.84. The lowest BCUT2D eigenvalue weighted by Gasteiger charge is -2.08. The lowest BCUT2D eigenvalue weighted by Crippen LogP contribution is -2.06. The Kier molecular flexibility index (Phi) is 3.95. The molecule has 0 heterocycles. The number of nitro groups is 1. The predicted molar refractivity (Wildman–Crippen MR) is 54.7 cm³/mol. The molecule has 1 aromatic carbocycles. The molecule has 0 saturated carbocycles. The summed E-state index contributed by atoms with van der Waals surface area (Å²) in [6.07, 6.45) is 0. The topological polar surface area (TPSA) is 69.4 Å². The smallest absolute Gasteiger partial charge is 0.387 e. The Labute approximate surface area is 99.1 Å². The number of ketones is 1. The number of carbonyl (C=O) groups excluding carboxylic acids is 1. The summed E-state index contributed by atoms with van der Waals surface area (Å²) in [4.78, 5) is 20.9. The van der Waals surface area contributed by atoms with Crippen LogP contribution in [0.15, 0.2) is 12.1 Å². The minimum absolute atomic E-state index is 0.262. The van der Waals surface area contributed by atoms with Crippen LogP contribution in [0.4, 0.5) is 14.5 Å². The third kappa shape index (κ3) is 2.88. The molecule has 5 nitrogen and oxygen atoms in total. The highest BCUT2D eigenvalue weighted by Gasteiger charge is 2.26.